The van der Waals surface area contributed by atoms with Crippen LogP contribution in [-0.2, 0) is 9.53 Å². The van der Waals surface area contributed by atoms with Gasteiger partial charge in [0, 0.05) is 42.1 Å². The second-order valence-electron chi connectivity index (χ2n) is 6.72. The first-order valence-corrected chi connectivity index (χ1v) is 10.0. The molecule has 4 rings (SSSR count). The van der Waals surface area contributed by atoms with E-state index in [1.165, 1.54) is 23.5 Å². The quantitative estimate of drug-likeness (QED) is 0.693. The maximum Gasteiger partial charge on any atom is 0.240 e. The second-order valence-corrected chi connectivity index (χ2v) is 7.95. The van der Waals surface area contributed by atoms with Crippen LogP contribution in [0.4, 0.5) is 9.52 Å². The molecule has 0 aliphatic carbocycles. The van der Waals surface area contributed by atoms with Gasteiger partial charge in [-0.15, -0.1) is 11.3 Å². The molecule has 1 saturated heterocycles. The fourth-order valence-corrected chi connectivity index (χ4v) is 3.91. The highest BCUT2D eigenvalue weighted by Crippen LogP contribution is 2.29. The van der Waals surface area contributed by atoms with Crippen LogP contribution in [0.3, 0.4) is 0 Å². The normalized spacial score (nSPS) is 17.2. The summed E-state index contributed by atoms with van der Waals surface area (Å²) in [5.41, 5.74) is 1.87. The molecule has 2 aromatic heterocycles. The third-order valence-corrected chi connectivity index (χ3v) is 5.34. The molecule has 3 aromatic rings. The molecule has 1 N–H and O–H groups in total. The number of nitrogens with zero attached hydrogens (tertiary/aromatic N) is 4. The smallest absolute Gasteiger partial charge is 0.240 e. The summed E-state index contributed by atoms with van der Waals surface area (Å²) in [5, 5.41) is 3.42. The van der Waals surface area contributed by atoms with Crippen LogP contribution in [0.15, 0.2) is 42.9 Å². The fourth-order valence-electron chi connectivity index (χ4n) is 3.23. The lowest BCUT2D eigenvalue weighted by molar-refractivity contribution is -0.119. The van der Waals surface area contributed by atoms with E-state index < -0.39 is 0 Å². The summed E-state index contributed by atoms with van der Waals surface area (Å²) < 4.78 is 19.6. The highest BCUT2D eigenvalue weighted by Gasteiger charge is 2.27. The van der Waals surface area contributed by atoms with Crippen LogP contribution < -0.4 is 5.32 Å². The number of aryl methyl sites for hydroxylation is 1. The molecule has 9 heteroatoms. The van der Waals surface area contributed by atoms with Crippen LogP contribution in [-0.4, -0.2) is 52.0 Å². The largest absolute Gasteiger partial charge is 0.369 e. The van der Waals surface area contributed by atoms with Crippen molar-refractivity contribution in [2.75, 3.05) is 31.6 Å². The van der Waals surface area contributed by atoms with Crippen LogP contribution >= 0.6 is 11.3 Å². The molecule has 1 atom stereocenters. The molecule has 0 bridgehead atoms. The van der Waals surface area contributed by atoms with Crippen molar-refractivity contribution in [1.82, 2.24) is 19.9 Å². The fraction of sp³-hybridized carbons (Fsp3) is 0.300. The number of amides is 1. The third kappa shape index (κ3) is 4.81. The predicted octanol–water partition coefficient (Wildman–Crippen LogP) is 3.06. The molecule has 0 radical (unpaired) electrons. The van der Waals surface area contributed by atoms with Crippen LogP contribution in [0.5, 0.6) is 0 Å². The second kappa shape index (κ2) is 8.73. The number of carbonyl (C=O) groups excluding carboxylic acids is 1. The minimum absolute atomic E-state index is 0.121. The van der Waals surface area contributed by atoms with Crippen LogP contribution in [0.2, 0.25) is 0 Å². The van der Waals surface area contributed by atoms with Gasteiger partial charge in [0.15, 0.2) is 5.13 Å². The van der Waals surface area contributed by atoms with Gasteiger partial charge >= 0.3 is 0 Å². The maximum absolute atomic E-state index is 13.7. The third-order valence-electron chi connectivity index (χ3n) is 4.51. The van der Waals surface area contributed by atoms with Crippen LogP contribution in [0.25, 0.3) is 11.3 Å². The van der Waals surface area contributed by atoms with E-state index >= 15 is 0 Å². The topological polar surface area (TPSA) is 80.2 Å². The highest BCUT2D eigenvalue weighted by molar-refractivity contribution is 7.15. The number of morpholine rings is 1. The maximum atomic E-state index is 13.7. The molecule has 1 amide bonds. The Morgan fingerprint density at radius 2 is 2.21 bits per heavy atom. The number of hydrogen-bond acceptors (Lipinski definition) is 7. The Morgan fingerprint density at radius 1 is 1.34 bits per heavy atom. The molecule has 0 saturated carbocycles. The average Bonchev–Trinajstić information content (AvgIpc) is 3.12. The first kappa shape index (κ1) is 19.6. The van der Waals surface area contributed by atoms with Gasteiger partial charge in [0.05, 0.1) is 24.5 Å². The van der Waals surface area contributed by atoms with E-state index in [0.717, 1.165) is 4.88 Å². The Bertz CT molecular complexity index is 1010. The van der Waals surface area contributed by atoms with E-state index in [4.69, 9.17) is 4.74 Å². The monoisotopic (exact) mass is 413 g/mol. The molecule has 0 unspecified atom stereocenters. The van der Waals surface area contributed by atoms with Gasteiger partial charge in [-0.05, 0) is 19.1 Å². The van der Waals surface area contributed by atoms with E-state index in [0.29, 0.717) is 41.8 Å². The molecule has 150 valence electrons. The number of carbonyl (C=O) groups is 1. The molecule has 29 heavy (non-hydrogen) atoms. The summed E-state index contributed by atoms with van der Waals surface area (Å²) in [5.74, 6) is -0.455. The standard InChI is InChI=1S/C20H20FN5O2S/c1-13-10-24-20(29-13)25-17(27)12-26-7-8-28-16(11-26)19-18(22-5-6-23-19)14-3-2-4-15(21)9-14/h2-6,9-10,16H,7-8,11-12H2,1H3,(H,24,25,27)/t16-/m0/s1. The summed E-state index contributed by atoms with van der Waals surface area (Å²) in [4.78, 5) is 28.4. The number of benzene rings is 1. The van der Waals surface area contributed by atoms with Gasteiger partial charge in [-0.25, -0.2) is 9.37 Å². The summed E-state index contributed by atoms with van der Waals surface area (Å²) in [6, 6.07) is 6.25. The van der Waals surface area contributed by atoms with E-state index in [-0.39, 0.29) is 24.4 Å². The van der Waals surface area contributed by atoms with Crippen LogP contribution in [0.1, 0.15) is 16.7 Å². The SMILES string of the molecule is Cc1cnc(NC(=O)CN2CCO[C@H](c3nccnc3-c3cccc(F)c3)C2)s1. The Morgan fingerprint density at radius 3 is 3.00 bits per heavy atom. The van der Waals surface area contributed by atoms with E-state index in [2.05, 4.69) is 20.3 Å². The van der Waals surface area contributed by atoms with E-state index in [1.54, 1.807) is 30.7 Å². The van der Waals surface area contributed by atoms with Crippen molar-refractivity contribution in [3.63, 3.8) is 0 Å². The zero-order valence-electron chi connectivity index (χ0n) is 15.8. The lowest BCUT2D eigenvalue weighted by Gasteiger charge is -2.32. The lowest BCUT2D eigenvalue weighted by atomic mass is 10.1. The van der Waals surface area contributed by atoms with Gasteiger partial charge < -0.3 is 10.1 Å². The minimum atomic E-state index is -0.356. The van der Waals surface area contributed by atoms with Gasteiger partial charge in [0.2, 0.25) is 5.91 Å². The molecule has 7 nitrogen and oxygen atoms in total. The molecule has 1 aliphatic heterocycles. The molecular weight excluding hydrogens is 393 g/mol. The summed E-state index contributed by atoms with van der Waals surface area (Å²) >= 11 is 1.44. The Kier molecular flexibility index (Phi) is 5.89. The van der Waals surface area contributed by atoms with Crippen molar-refractivity contribution >= 4 is 22.4 Å². The number of nitrogens with one attached hydrogen (secondary N) is 1. The Labute approximate surface area is 171 Å². The van der Waals surface area contributed by atoms with E-state index in [1.807, 2.05) is 11.8 Å². The van der Waals surface area contributed by atoms with Gasteiger partial charge in [-0.2, -0.15) is 0 Å². The van der Waals surface area contributed by atoms with Crippen molar-refractivity contribution < 1.29 is 13.9 Å². The first-order valence-electron chi connectivity index (χ1n) is 9.21. The van der Waals surface area contributed by atoms with Crippen molar-refractivity contribution in [3.8, 4) is 11.3 Å². The number of anilines is 1. The summed E-state index contributed by atoms with van der Waals surface area (Å²) in [6.07, 6.45) is 4.55. The number of aromatic nitrogens is 3. The molecule has 1 aliphatic rings. The van der Waals surface area contributed by atoms with Gasteiger partial charge in [0.1, 0.15) is 11.9 Å². The van der Waals surface area contributed by atoms with Gasteiger partial charge in [-0.1, -0.05) is 12.1 Å². The number of thiazole rings is 1. The van der Waals surface area contributed by atoms with E-state index in [9.17, 15) is 9.18 Å². The van der Waals surface area contributed by atoms with Gasteiger partial charge in [-0.3, -0.25) is 19.7 Å². The number of ether oxygens (including phenoxy) is 1. The number of halogens is 1. The number of hydrogen-bond donors (Lipinski definition) is 1. The van der Waals surface area contributed by atoms with Crippen LogP contribution in [0, 0.1) is 12.7 Å². The predicted molar refractivity (Wildman–Crippen MR) is 108 cm³/mol. The molecule has 0 spiro atoms. The highest BCUT2D eigenvalue weighted by atomic mass is 32.1. The van der Waals surface area contributed by atoms with Crippen molar-refractivity contribution in [2.24, 2.45) is 0 Å². The molecule has 3 heterocycles. The first-order chi connectivity index (χ1) is 14.1. The summed E-state index contributed by atoms with van der Waals surface area (Å²) in [7, 11) is 0. The zero-order chi connectivity index (χ0) is 20.2. The lowest BCUT2D eigenvalue weighted by Crippen LogP contribution is -2.42. The van der Waals surface area contributed by atoms with Crippen molar-refractivity contribution in [1.29, 1.82) is 0 Å². The Balaban J connectivity index is 1.47. The molecule has 1 aromatic carbocycles. The summed E-state index contributed by atoms with van der Waals surface area (Å²) in [6.45, 7) is 3.76. The Hall–Kier alpha value is -2.75. The van der Waals surface area contributed by atoms with Crippen molar-refractivity contribution in [2.45, 2.75) is 13.0 Å². The van der Waals surface area contributed by atoms with Gasteiger partial charge in [0.25, 0.3) is 0 Å². The molecular formula is C20H20FN5O2S. The molecule has 1 fully saturated rings. The minimum Gasteiger partial charge on any atom is -0.369 e. The number of rotatable bonds is 5. The average molecular weight is 413 g/mol. The van der Waals surface area contributed by atoms with Crippen molar-refractivity contribution in [3.05, 3.63) is 59.2 Å². The zero-order valence-corrected chi connectivity index (χ0v) is 16.7.